The smallest absolute Gasteiger partial charge is 0.125 e. The number of rotatable bonds is 5. The van der Waals surface area contributed by atoms with Crippen molar-refractivity contribution in [3.8, 4) is 0 Å². The second-order valence-electron chi connectivity index (χ2n) is 6.06. The average molecular weight is 277 g/mol. The lowest BCUT2D eigenvalue weighted by Gasteiger charge is -2.34. The van der Waals surface area contributed by atoms with Gasteiger partial charge in [0.25, 0.3) is 0 Å². The largest absolute Gasteiger partial charge is 0.384 e. The van der Waals surface area contributed by atoms with Gasteiger partial charge in [-0.3, -0.25) is 5.41 Å². The van der Waals surface area contributed by atoms with Crippen LogP contribution in [0.25, 0.3) is 0 Å². The highest BCUT2D eigenvalue weighted by Gasteiger charge is 2.25. The Kier molecular flexibility index (Phi) is 4.63. The maximum absolute atomic E-state index is 13.4. The standard InChI is InChI=1S/C16H24FN3/c1-11(2)10-20(13-5-3-4-6-13)15-8-7-12(17)9-14(15)16(18)19/h7-9,11,13H,3-6,10H2,1-2H3,(H3,18,19). The van der Waals surface area contributed by atoms with Crippen molar-refractivity contribution in [2.24, 2.45) is 11.7 Å². The summed E-state index contributed by atoms with van der Waals surface area (Å²) in [5.74, 6) is 0.113. The molecule has 1 aromatic carbocycles. The van der Waals surface area contributed by atoms with Crippen molar-refractivity contribution in [1.29, 1.82) is 5.41 Å². The topological polar surface area (TPSA) is 53.1 Å². The summed E-state index contributed by atoms with van der Waals surface area (Å²) in [7, 11) is 0. The number of nitrogens with one attached hydrogen (secondary N) is 1. The molecule has 0 radical (unpaired) electrons. The van der Waals surface area contributed by atoms with Gasteiger partial charge in [0.15, 0.2) is 0 Å². The van der Waals surface area contributed by atoms with Gasteiger partial charge in [0.2, 0.25) is 0 Å². The summed E-state index contributed by atoms with van der Waals surface area (Å²) in [6, 6.07) is 5.09. The van der Waals surface area contributed by atoms with Crippen molar-refractivity contribution < 1.29 is 4.39 Å². The van der Waals surface area contributed by atoms with Gasteiger partial charge in [0.05, 0.1) is 0 Å². The Hall–Kier alpha value is -1.58. The van der Waals surface area contributed by atoms with Crippen LogP contribution in [0.15, 0.2) is 18.2 Å². The molecule has 0 saturated heterocycles. The van der Waals surface area contributed by atoms with Gasteiger partial charge < -0.3 is 10.6 Å². The summed E-state index contributed by atoms with van der Waals surface area (Å²) in [6.45, 7) is 5.27. The fourth-order valence-electron chi connectivity index (χ4n) is 3.03. The van der Waals surface area contributed by atoms with E-state index in [-0.39, 0.29) is 11.7 Å². The van der Waals surface area contributed by atoms with Gasteiger partial charge in [-0.2, -0.15) is 0 Å². The van der Waals surface area contributed by atoms with E-state index >= 15 is 0 Å². The third-order valence-electron chi connectivity index (χ3n) is 3.89. The molecule has 4 heteroatoms. The van der Waals surface area contributed by atoms with Crippen molar-refractivity contribution in [1.82, 2.24) is 0 Å². The Morgan fingerprint density at radius 3 is 2.60 bits per heavy atom. The molecule has 3 nitrogen and oxygen atoms in total. The van der Waals surface area contributed by atoms with Gasteiger partial charge in [0, 0.05) is 23.8 Å². The first-order valence-electron chi connectivity index (χ1n) is 7.39. The molecule has 20 heavy (non-hydrogen) atoms. The first kappa shape index (κ1) is 14.8. The molecule has 1 aromatic rings. The molecule has 110 valence electrons. The zero-order valence-corrected chi connectivity index (χ0v) is 12.3. The number of nitrogen functional groups attached to an aromatic ring is 1. The lowest BCUT2D eigenvalue weighted by Crippen LogP contribution is -2.37. The molecular formula is C16H24FN3. The molecule has 0 heterocycles. The normalized spacial score (nSPS) is 15.8. The van der Waals surface area contributed by atoms with Crippen LogP contribution < -0.4 is 10.6 Å². The molecule has 2 rings (SSSR count). The minimum Gasteiger partial charge on any atom is -0.384 e. The Bertz CT molecular complexity index is 479. The first-order valence-corrected chi connectivity index (χ1v) is 7.39. The second-order valence-corrected chi connectivity index (χ2v) is 6.06. The third kappa shape index (κ3) is 3.30. The summed E-state index contributed by atoms with van der Waals surface area (Å²) in [6.07, 6.45) is 4.83. The molecule has 0 atom stereocenters. The molecule has 0 aliphatic heterocycles. The Morgan fingerprint density at radius 2 is 2.05 bits per heavy atom. The van der Waals surface area contributed by atoms with E-state index in [0.29, 0.717) is 17.5 Å². The van der Waals surface area contributed by atoms with E-state index in [4.69, 9.17) is 11.1 Å². The van der Waals surface area contributed by atoms with Gasteiger partial charge in [0.1, 0.15) is 11.7 Å². The first-order chi connectivity index (χ1) is 9.49. The molecule has 1 saturated carbocycles. The fourth-order valence-corrected chi connectivity index (χ4v) is 3.03. The van der Waals surface area contributed by atoms with E-state index in [1.165, 1.54) is 37.8 Å². The van der Waals surface area contributed by atoms with Gasteiger partial charge in [-0.05, 0) is 37.0 Å². The number of anilines is 1. The molecule has 0 bridgehead atoms. The van der Waals surface area contributed by atoms with Crippen molar-refractivity contribution >= 4 is 11.5 Å². The van der Waals surface area contributed by atoms with E-state index in [2.05, 4.69) is 18.7 Å². The number of nitrogens with zero attached hydrogens (tertiary/aromatic N) is 1. The number of halogens is 1. The van der Waals surface area contributed by atoms with Gasteiger partial charge in [-0.25, -0.2) is 4.39 Å². The van der Waals surface area contributed by atoms with E-state index in [9.17, 15) is 4.39 Å². The summed E-state index contributed by atoms with van der Waals surface area (Å²) >= 11 is 0. The SMILES string of the molecule is CC(C)CN(c1ccc(F)cc1C(=N)N)C1CCCC1. The third-order valence-corrected chi connectivity index (χ3v) is 3.89. The highest BCUT2D eigenvalue weighted by atomic mass is 19.1. The van der Waals surface area contributed by atoms with Crippen molar-refractivity contribution in [3.05, 3.63) is 29.6 Å². The minimum atomic E-state index is -0.338. The molecule has 1 aliphatic carbocycles. The molecule has 0 aromatic heterocycles. The van der Waals surface area contributed by atoms with E-state index < -0.39 is 0 Å². The summed E-state index contributed by atoms with van der Waals surface area (Å²) in [5, 5.41) is 7.70. The maximum Gasteiger partial charge on any atom is 0.125 e. The molecule has 0 spiro atoms. The zero-order chi connectivity index (χ0) is 14.7. The number of benzene rings is 1. The Balaban J connectivity index is 2.39. The van der Waals surface area contributed by atoms with E-state index in [1.54, 1.807) is 6.07 Å². The van der Waals surface area contributed by atoms with Crippen molar-refractivity contribution in [2.45, 2.75) is 45.6 Å². The second kappa shape index (κ2) is 6.25. The van der Waals surface area contributed by atoms with E-state index in [0.717, 1.165) is 12.2 Å². The molecule has 0 unspecified atom stereocenters. The molecule has 1 fully saturated rings. The molecule has 0 amide bonds. The van der Waals surface area contributed by atoms with Gasteiger partial charge in [-0.1, -0.05) is 26.7 Å². The maximum atomic E-state index is 13.4. The number of hydrogen-bond donors (Lipinski definition) is 2. The van der Waals surface area contributed by atoms with Crippen LogP contribution in [0.2, 0.25) is 0 Å². The summed E-state index contributed by atoms with van der Waals surface area (Å²) in [5.41, 5.74) is 7.05. The number of amidine groups is 1. The highest BCUT2D eigenvalue weighted by Crippen LogP contribution is 2.31. The van der Waals surface area contributed by atoms with Gasteiger partial charge in [-0.15, -0.1) is 0 Å². The molecule has 1 aliphatic rings. The van der Waals surface area contributed by atoms with Crippen LogP contribution in [0.3, 0.4) is 0 Å². The average Bonchev–Trinajstić information content (AvgIpc) is 2.89. The predicted molar refractivity (Wildman–Crippen MR) is 81.9 cm³/mol. The van der Waals surface area contributed by atoms with Crippen LogP contribution in [0, 0.1) is 17.1 Å². The highest BCUT2D eigenvalue weighted by molar-refractivity contribution is 6.00. The quantitative estimate of drug-likeness (QED) is 0.639. The summed E-state index contributed by atoms with van der Waals surface area (Å²) in [4.78, 5) is 2.33. The van der Waals surface area contributed by atoms with Crippen LogP contribution in [0.4, 0.5) is 10.1 Å². The number of hydrogen-bond acceptors (Lipinski definition) is 2. The van der Waals surface area contributed by atoms with Gasteiger partial charge >= 0.3 is 0 Å². The molecule has 3 N–H and O–H groups in total. The fraction of sp³-hybridized carbons (Fsp3) is 0.562. The van der Waals surface area contributed by atoms with Crippen LogP contribution in [0.1, 0.15) is 45.1 Å². The number of nitrogens with two attached hydrogens (primary N) is 1. The van der Waals surface area contributed by atoms with Crippen LogP contribution in [-0.2, 0) is 0 Å². The lowest BCUT2D eigenvalue weighted by molar-refractivity contribution is 0.535. The monoisotopic (exact) mass is 277 g/mol. The lowest BCUT2D eigenvalue weighted by atomic mass is 10.0. The minimum absolute atomic E-state index is 0.0637. The Morgan fingerprint density at radius 1 is 1.40 bits per heavy atom. The molecular weight excluding hydrogens is 253 g/mol. The summed E-state index contributed by atoms with van der Waals surface area (Å²) < 4.78 is 13.4. The van der Waals surface area contributed by atoms with Crippen LogP contribution in [0.5, 0.6) is 0 Å². The predicted octanol–water partition coefficient (Wildman–Crippen LogP) is 3.51. The van der Waals surface area contributed by atoms with Crippen molar-refractivity contribution in [3.63, 3.8) is 0 Å². The van der Waals surface area contributed by atoms with Crippen LogP contribution in [-0.4, -0.2) is 18.4 Å². The van der Waals surface area contributed by atoms with Crippen LogP contribution >= 0.6 is 0 Å². The van der Waals surface area contributed by atoms with Crippen molar-refractivity contribution in [2.75, 3.05) is 11.4 Å². The van der Waals surface area contributed by atoms with E-state index in [1.807, 2.05) is 0 Å². The zero-order valence-electron chi connectivity index (χ0n) is 12.3. The Labute approximate surface area is 120 Å².